The average molecular weight is 483 g/mol. The highest BCUT2D eigenvalue weighted by Gasteiger charge is 2.17. The number of fused-ring (bicyclic) bond motifs is 1. The Morgan fingerprint density at radius 2 is 1.79 bits per heavy atom. The Morgan fingerprint density at radius 3 is 2.52 bits per heavy atom. The molecule has 1 unspecified atom stereocenters. The number of nitrogens with zero attached hydrogens (tertiary/aromatic N) is 3. The lowest BCUT2D eigenvalue weighted by Gasteiger charge is -2.15. The van der Waals surface area contributed by atoms with Crippen molar-refractivity contribution in [1.29, 1.82) is 0 Å². The minimum atomic E-state index is -0.763. The fourth-order valence-electron chi connectivity index (χ4n) is 3.34. The first-order valence-electron chi connectivity index (χ1n) is 10.8. The largest absolute Gasteiger partial charge is 0.479 e. The summed E-state index contributed by atoms with van der Waals surface area (Å²) in [5.74, 6) is 0.0817. The highest BCUT2D eigenvalue weighted by Crippen LogP contribution is 2.28. The number of halogens is 2. The molecule has 0 bridgehead atoms. The van der Waals surface area contributed by atoms with Crippen molar-refractivity contribution >= 4 is 45.8 Å². The number of aryl methyl sites for hydroxylation is 1. The normalized spacial score (nSPS) is 12.0. The van der Waals surface area contributed by atoms with E-state index in [1.807, 2.05) is 18.2 Å². The van der Waals surface area contributed by atoms with E-state index in [1.54, 1.807) is 42.1 Å². The van der Waals surface area contributed by atoms with Crippen LogP contribution in [0.5, 0.6) is 5.75 Å². The fourth-order valence-corrected chi connectivity index (χ4v) is 3.80. The van der Waals surface area contributed by atoms with E-state index < -0.39 is 6.10 Å². The molecule has 1 amide bonds. The zero-order valence-corrected chi connectivity index (χ0v) is 19.9. The van der Waals surface area contributed by atoms with Crippen LogP contribution in [0.25, 0.3) is 16.7 Å². The van der Waals surface area contributed by atoms with Gasteiger partial charge in [-0.3, -0.25) is 4.79 Å². The van der Waals surface area contributed by atoms with Crippen LogP contribution in [0, 0.1) is 0 Å². The van der Waals surface area contributed by atoms with Crippen molar-refractivity contribution in [3.63, 3.8) is 0 Å². The van der Waals surface area contributed by atoms with Gasteiger partial charge in [0.2, 0.25) is 0 Å². The van der Waals surface area contributed by atoms with Gasteiger partial charge in [-0.2, -0.15) is 4.80 Å². The lowest BCUT2D eigenvalue weighted by Crippen LogP contribution is -2.30. The molecule has 33 heavy (non-hydrogen) atoms. The molecule has 0 aliphatic heterocycles. The Kier molecular flexibility index (Phi) is 7.16. The maximum absolute atomic E-state index is 12.6. The number of carbonyl (C=O) groups excluding carboxylic acids is 1. The minimum absolute atomic E-state index is 0.310. The van der Waals surface area contributed by atoms with E-state index in [1.165, 1.54) is 18.4 Å². The Balaban J connectivity index is 1.45. The number of hydrogen-bond donors (Lipinski definition) is 1. The van der Waals surface area contributed by atoms with E-state index in [2.05, 4.69) is 34.6 Å². The SMILES string of the molecule is CCCCc1ccc(-n2nc3ccc(NC(=O)C(C)Oc4ccc(Cl)cc4Cl)cc3n2)cc1. The molecular weight excluding hydrogens is 459 g/mol. The molecule has 0 aliphatic rings. The third-order valence-electron chi connectivity index (χ3n) is 5.20. The van der Waals surface area contributed by atoms with Gasteiger partial charge in [-0.15, -0.1) is 10.2 Å². The molecule has 6 nitrogen and oxygen atoms in total. The number of amides is 1. The zero-order chi connectivity index (χ0) is 23.4. The highest BCUT2D eigenvalue weighted by molar-refractivity contribution is 6.35. The molecule has 4 aromatic rings. The molecule has 170 valence electrons. The number of carbonyl (C=O) groups is 1. The van der Waals surface area contributed by atoms with E-state index >= 15 is 0 Å². The molecule has 0 fully saturated rings. The summed E-state index contributed by atoms with van der Waals surface area (Å²) in [6.07, 6.45) is 2.66. The molecule has 8 heteroatoms. The minimum Gasteiger partial charge on any atom is -0.479 e. The molecule has 1 heterocycles. The lowest BCUT2D eigenvalue weighted by atomic mass is 10.1. The van der Waals surface area contributed by atoms with Crippen molar-refractivity contribution < 1.29 is 9.53 Å². The molecule has 0 spiro atoms. The predicted molar refractivity (Wildman–Crippen MR) is 133 cm³/mol. The maximum atomic E-state index is 12.6. The maximum Gasteiger partial charge on any atom is 0.265 e. The van der Waals surface area contributed by atoms with Crippen molar-refractivity contribution in [2.24, 2.45) is 0 Å². The number of ether oxygens (including phenoxy) is 1. The van der Waals surface area contributed by atoms with Crippen molar-refractivity contribution in [3.8, 4) is 11.4 Å². The first kappa shape index (κ1) is 23.1. The molecule has 4 rings (SSSR count). The topological polar surface area (TPSA) is 69.0 Å². The van der Waals surface area contributed by atoms with Gasteiger partial charge in [-0.05, 0) is 73.9 Å². The third-order valence-corrected chi connectivity index (χ3v) is 5.73. The number of rotatable bonds is 8. The van der Waals surface area contributed by atoms with E-state index in [0.29, 0.717) is 27.0 Å². The second kappa shape index (κ2) is 10.2. The number of aromatic nitrogens is 3. The van der Waals surface area contributed by atoms with Crippen molar-refractivity contribution in [3.05, 3.63) is 76.3 Å². The van der Waals surface area contributed by atoms with E-state index in [4.69, 9.17) is 27.9 Å². The monoisotopic (exact) mass is 482 g/mol. The Hall–Kier alpha value is -3.09. The van der Waals surface area contributed by atoms with Gasteiger partial charge in [0, 0.05) is 10.7 Å². The quantitative estimate of drug-likeness (QED) is 0.312. The summed E-state index contributed by atoms with van der Waals surface area (Å²) < 4.78 is 5.68. The first-order valence-corrected chi connectivity index (χ1v) is 11.6. The highest BCUT2D eigenvalue weighted by atomic mass is 35.5. The molecule has 3 aromatic carbocycles. The third kappa shape index (κ3) is 5.64. The Bertz CT molecular complexity index is 1270. The second-order valence-electron chi connectivity index (χ2n) is 7.79. The van der Waals surface area contributed by atoms with Gasteiger partial charge >= 0.3 is 0 Å². The summed E-state index contributed by atoms with van der Waals surface area (Å²) in [5, 5.41) is 12.8. The van der Waals surface area contributed by atoms with Crippen LogP contribution < -0.4 is 10.1 Å². The molecule has 0 saturated carbocycles. The van der Waals surface area contributed by atoms with Crippen LogP contribution in [0.3, 0.4) is 0 Å². The predicted octanol–water partition coefficient (Wildman–Crippen LogP) is 6.48. The van der Waals surface area contributed by atoms with Gasteiger partial charge in [0.1, 0.15) is 16.8 Å². The van der Waals surface area contributed by atoms with Crippen LogP contribution >= 0.6 is 23.2 Å². The Labute approximate surface area is 202 Å². The van der Waals surface area contributed by atoms with E-state index in [0.717, 1.165) is 17.6 Å². The second-order valence-corrected chi connectivity index (χ2v) is 8.63. The molecular formula is C25H24Cl2N4O2. The van der Waals surface area contributed by atoms with Crippen LogP contribution in [-0.4, -0.2) is 27.0 Å². The van der Waals surface area contributed by atoms with E-state index in [-0.39, 0.29) is 5.91 Å². The van der Waals surface area contributed by atoms with Gasteiger partial charge in [0.05, 0.1) is 10.7 Å². The number of unbranched alkanes of at least 4 members (excludes halogenated alkanes) is 1. The van der Waals surface area contributed by atoms with Crippen LogP contribution in [-0.2, 0) is 11.2 Å². The smallest absolute Gasteiger partial charge is 0.265 e. The number of anilines is 1. The van der Waals surface area contributed by atoms with Gasteiger partial charge in [-0.1, -0.05) is 48.7 Å². The summed E-state index contributed by atoms with van der Waals surface area (Å²) in [6.45, 7) is 3.84. The van der Waals surface area contributed by atoms with Crippen LogP contribution in [0.2, 0.25) is 10.0 Å². The van der Waals surface area contributed by atoms with E-state index in [9.17, 15) is 4.79 Å². The van der Waals surface area contributed by atoms with Crippen molar-refractivity contribution in [1.82, 2.24) is 15.0 Å². The summed E-state index contributed by atoms with van der Waals surface area (Å²) in [5.41, 5.74) is 4.21. The van der Waals surface area contributed by atoms with Crippen LogP contribution in [0.15, 0.2) is 60.7 Å². The molecule has 1 aromatic heterocycles. The molecule has 0 radical (unpaired) electrons. The summed E-state index contributed by atoms with van der Waals surface area (Å²) in [6, 6.07) is 18.5. The number of benzene rings is 3. The average Bonchev–Trinajstić information content (AvgIpc) is 3.23. The standard InChI is InChI=1S/C25H24Cl2N4O2/c1-3-4-5-17-6-10-20(11-7-17)31-29-22-12-9-19(15-23(22)30-31)28-25(32)16(2)33-24-13-8-18(26)14-21(24)27/h6-16H,3-5H2,1-2H3,(H,28,32). The fraction of sp³-hybridized carbons (Fsp3) is 0.240. The molecule has 1 N–H and O–H groups in total. The van der Waals surface area contributed by atoms with Gasteiger partial charge in [-0.25, -0.2) is 0 Å². The van der Waals surface area contributed by atoms with Gasteiger partial charge in [0.25, 0.3) is 5.91 Å². The van der Waals surface area contributed by atoms with Gasteiger partial charge < -0.3 is 10.1 Å². The summed E-state index contributed by atoms with van der Waals surface area (Å²) in [7, 11) is 0. The Morgan fingerprint density at radius 1 is 1.03 bits per heavy atom. The molecule has 1 atom stereocenters. The summed E-state index contributed by atoms with van der Waals surface area (Å²) >= 11 is 12.0. The number of nitrogens with one attached hydrogen (secondary N) is 1. The lowest BCUT2D eigenvalue weighted by molar-refractivity contribution is -0.122. The van der Waals surface area contributed by atoms with Gasteiger partial charge in [0.15, 0.2) is 6.10 Å². The van der Waals surface area contributed by atoms with Crippen LogP contribution in [0.1, 0.15) is 32.3 Å². The summed E-state index contributed by atoms with van der Waals surface area (Å²) in [4.78, 5) is 14.2. The van der Waals surface area contributed by atoms with Crippen LogP contribution in [0.4, 0.5) is 5.69 Å². The zero-order valence-electron chi connectivity index (χ0n) is 18.4. The van der Waals surface area contributed by atoms with Crippen molar-refractivity contribution in [2.75, 3.05) is 5.32 Å². The van der Waals surface area contributed by atoms with Crippen molar-refractivity contribution in [2.45, 2.75) is 39.2 Å². The molecule has 0 aliphatic carbocycles. The first-order chi connectivity index (χ1) is 15.9. The number of hydrogen-bond acceptors (Lipinski definition) is 4. The molecule has 0 saturated heterocycles.